The van der Waals surface area contributed by atoms with Crippen LogP contribution in [-0.2, 0) is 4.57 Å². The van der Waals surface area contributed by atoms with E-state index in [-0.39, 0.29) is 0 Å². The molecule has 3 aromatic rings. The van der Waals surface area contributed by atoms with Gasteiger partial charge < -0.3 is 0 Å². The summed E-state index contributed by atoms with van der Waals surface area (Å²) >= 11 is 3.61. The first kappa shape index (κ1) is 19.2. The van der Waals surface area contributed by atoms with Crippen LogP contribution in [0.15, 0.2) is 119 Å². The average molecular weight is 475 g/mol. The van der Waals surface area contributed by atoms with Crippen molar-refractivity contribution < 1.29 is 4.57 Å². The average Bonchev–Trinajstić information content (AvgIpc) is 2.93. The van der Waals surface area contributed by atoms with Crippen LogP contribution in [-0.4, -0.2) is 0 Å². The molecule has 0 amide bonds. The van der Waals surface area contributed by atoms with E-state index in [1.807, 2.05) is 100 Å². The number of hydrogen-bond acceptors (Lipinski definition) is 1. The Morgan fingerprint density at radius 2 is 1.40 bits per heavy atom. The fraction of sp³-hybridized carbons (Fsp3) is 0.0400. The van der Waals surface area contributed by atoms with Crippen molar-refractivity contribution >= 4 is 46.1 Å². The molecule has 5 rings (SSSR count). The predicted molar refractivity (Wildman–Crippen MR) is 130 cm³/mol. The van der Waals surface area contributed by atoms with E-state index < -0.39 is 7.44 Å². The zero-order chi connectivity index (χ0) is 20.6. The number of fused-ring (bicyclic) bond motifs is 1. The number of hydrogen-bond donors (Lipinski definition) is 0. The number of nitrogens with zero attached hydrogens (tertiary/aromatic N) is 2. The lowest BCUT2D eigenvalue weighted by molar-refractivity contribution is 0.581. The molecule has 3 nitrogen and oxygen atoms in total. The molecular weight excluding hydrogens is 455 g/mol. The first-order chi connectivity index (χ1) is 14.7. The van der Waals surface area contributed by atoms with Crippen LogP contribution >= 0.6 is 23.4 Å². The van der Waals surface area contributed by atoms with Gasteiger partial charge in [0.05, 0.1) is 16.7 Å². The molecule has 30 heavy (non-hydrogen) atoms. The fourth-order valence-electron chi connectivity index (χ4n) is 3.95. The van der Waals surface area contributed by atoms with Gasteiger partial charge in [-0.25, -0.2) is 0 Å². The molecular formula is C25H20BrN2OP. The normalized spacial score (nSPS) is 20.1. The molecule has 1 aliphatic heterocycles. The van der Waals surface area contributed by atoms with Gasteiger partial charge >= 0.3 is 7.44 Å². The van der Waals surface area contributed by atoms with Crippen LogP contribution in [0.4, 0.5) is 22.7 Å². The highest BCUT2D eigenvalue weighted by Crippen LogP contribution is 2.74. The summed E-state index contributed by atoms with van der Waals surface area (Å²) in [7, 11) is -3.27. The van der Waals surface area contributed by atoms with Crippen molar-refractivity contribution in [1.29, 1.82) is 0 Å². The zero-order valence-electron chi connectivity index (χ0n) is 16.2. The molecule has 148 valence electrons. The Labute approximate surface area is 185 Å². The Balaban J connectivity index is 1.84. The van der Waals surface area contributed by atoms with Gasteiger partial charge in [0.15, 0.2) is 0 Å². The quantitative estimate of drug-likeness (QED) is 0.356. The predicted octanol–water partition coefficient (Wildman–Crippen LogP) is 8.33. The number of rotatable bonds is 3. The summed E-state index contributed by atoms with van der Waals surface area (Å²) in [5.74, 6) is 0. The number of halogens is 1. The maximum absolute atomic E-state index is 15.2. The second kappa shape index (κ2) is 7.79. The van der Waals surface area contributed by atoms with Gasteiger partial charge in [0.2, 0.25) is 0 Å². The number of para-hydroxylation sites is 2. The Bertz CT molecular complexity index is 1220. The van der Waals surface area contributed by atoms with Crippen molar-refractivity contribution in [1.82, 2.24) is 0 Å². The molecule has 0 spiro atoms. The number of benzene rings is 3. The molecule has 2 aliphatic rings. The van der Waals surface area contributed by atoms with E-state index in [4.69, 9.17) is 0 Å². The summed E-state index contributed by atoms with van der Waals surface area (Å²) in [6.07, 6.45) is 11.0. The van der Waals surface area contributed by atoms with Gasteiger partial charge in [-0.1, -0.05) is 76.6 Å². The molecule has 5 heteroatoms. The summed E-state index contributed by atoms with van der Waals surface area (Å²) in [5, 5.41) is 0.802. The van der Waals surface area contributed by atoms with Crippen LogP contribution in [0.2, 0.25) is 0 Å². The largest absolute Gasteiger partial charge is 0.301 e. The molecule has 0 saturated heterocycles. The van der Waals surface area contributed by atoms with Crippen molar-refractivity contribution in [2.75, 3.05) is 9.34 Å². The Hall–Kier alpha value is -2.81. The molecule has 1 unspecified atom stereocenters. The third kappa shape index (κ3) is 3.08. The minimum atomic E-state index is -3.27. The molecule has 3 aromatic carbocycles. The maximum Gasteiger partial charge on any atom is 0.301 e. The molecule has 1 heterocycles. The summed E-state index contributed by atoms with van der Waals surface area (Å²) in [4.78, 5) is 0. The smallest absolute Gasteiger partial charge is 0.270 e. The highest BCUT2D eigenvalue weighted by atomic mass is 79.9. The molecule has 0 N–H and O–H groups in total. The standard InChI is InChI=1S/C25H20BrN2OP/c26-20-17-18-24-25(19-20)28(22-13-7-4-8-14-22)30(29,23-15-9-1-2-10-16-23)27(24)21-11-5-3-6-12-21/h1,3-19H,2H2. The minimum Gasteiger partial charge on any atom is -0.270 e. The molecule has 0 radical (unpaired) electrons. The lowest BCUT2D eigenvalue weighted by Gasteiger charge is -2.33. The van der Waals surface area contributed by atoms with Crippen LogP contribution in [0.5, 0.6) is 0 Å². The Morgan fingerprint density at radius 1 is 0.767 bits per heavy atom. The van der Waals surface area contributed by atoms with E-state index >= 15 is 4.57 Å². The number of allylic oxidation sites excluding steroid dienone is 6. The van der Waals surface area contributed by atoms with Gasteiger partial charge in [-0.15, -0.1) is 0 Å². The second-order valence-electron chi connectivity index (χ2n) is 7.13. The van der Waals surface area contributed by atoms with E-state index in [9.17, 15) is 0 Å². The Morgan fingerprint density at radius 3 is 2.07 bits per heavy atom. The second-order valence-corrected chi connectivity index (χ2v) is 10.4. The van der Waals surface area contributed by atoms with Crippen LogP contribution in [0.25, 0.3) is 0 Å². The molecule has 0 bridgehead atoms. The highest BCUT2D eigenvalue weighted by molar-refractivity contribution is 9.10. The summed E-state index contributed by atoms with van der Waals surface area (Å²) in [6, 6.07) is 26.1. The van der Waals surface area contributed by atoms with Crippen LogP contribution in [0.1, 0.15) is 6.42 Å². The topological polar surface area (TPSA) is 23.6 Å². The van der Waals surface area contributed by atoms with Gasteiger partial charge in [-0.05, 0) is 55.0 Å². The molecule has 1 atom stereocenters. The maximum atomic E-state index is 15.2. The minimum absolute atomic E-state index is 0.802. The van der Waals surface area contributed by atoms with Crippen molar-refractivity contribution in [3.05, 3.63) is 119 Å². The third-order valence-corrected chi connectivity index (χ3v) is 8.68. The third-order valence-electron chi connectivity index (χ3n) is 5.24. The van der Waals surface area contributed by atoms with E-state index in [2.05, 4.69) is 34.1 Å². The van der Waals surface area contributed by atoms with Gasteiger partial charge in [-0.2, -0.15) is 0 Å². The van der Waals surface area contributed by atoms with E-state index in [0.29, 0.717) is 0 Å². The summed E-state index contributed by atoms with van der Waals surface area (Å²) < 4.78 is 20.2. The fourth-order valence-corrected chi connectivity index (χ4v) is 7.33. The SMILES string of the molecule is O=P1(C2=CC=CCC=C2)N(c2ccccc2)c2ccc(Br)cc2N1c1ccccc1. The Kier molecular flexibility index (Phi) is 4.98. The van der Waals surface area contributed by atoms with Gasteiger partial charge in [0, 0.05) is 15.8 Å². The van der Waals surface area contributed by atoms with Crippen molar-refractivity contribution in [2.24, 2.45) is 0 Å². The lowest BCUT2D eigenvalue weighted by atomic mass is 10.2. The van der Waals surface area contributed by atoms with Crippen molar-refractivity contribution in [2.45, 2.75) is 6.42 Å². The molecule has 1 aliphatic carbocycles. The van der Waals surface area contributed by atoms with Gasteiger partial charge in [-0.3, -0.25) is 13.9 Å². The molecule has 0 aromatic heterocycles. The van der Waals surface area contributed by atoms with Crippen molar-refractivity contribution in [3.8, 4) is 0 Å². The van der Waals surface area contributed by atoms with E-state index in [1.54, 1.807) is 0 Å². The zero-order valence-corrected chi connectivity index (χ0v) is 18.7. The van der Waals surface area contributed by atoms with Crippen molar-refractivity contribution in [3.63, 3.8) is 0 Å². The van der Waals surface area contributed by atoms with Gasteiger partial charge in [0.25, 0.3) is 0 Å². The van der Waals surface area contributed by atoms with Crippen LogP contribution in [0, 0.1) is 0 Å². The first-order valence-electron chi connectivity index (χ1n) is 9.84. The number of anilines is 4. The van der Waals surface area contributed by atoms with Crippen LogP contribution in [0.3, 0.4) is 0 Å². The van der Waals surface area contributed by atoms with Crippen LogP contribution < -0.4 is 9.34 Å². The summed E-state index contributed by atoms with van der Waals surface area (Å²) in [6.45, 7) is 0. The van der Waals surface area contributed by atoms with Gasteiger partial charge in [0.1, 0.15) is 0 Å². The monoisotopic (exact) mass is 474 g/mol. The first-order valence-corrected chi connectivity index (χ1v) is 12.2. The van der Waals surface area contributed by atoms with E-state index in [0.717, 1.165) is 39.0 Å². The highest BCUT2D eigenvalue weighted by Gasteiger charge is 2.49. The molecule has 0 saturated carbocycles. The molecule has 0 fully saturated rings. The summed E-state index contributed by atoms with van der Waals surface area (Å²) in [5.41, 5.74) is 3.66. The lowest BCUT2D eigenvalue weighted by Crippen LogP contribution is -2.19. The van der Waals surface area contributed by atoms with E-state index in [1.165, 1.54) is 0 Å².